The molecule has 446 valence electrons. The maximum Gasteiger partial charge on any atom is 0.306 e. The molecule has 0 heterocycles. The van der Waals surface area contributed by atoms with Gasteiger partial charge in [0.1, 0.15) is 13.2 Å². The SMILES string of the molecule is CC/C=C\C/C=C\C/C=C\CCCCCCCC(=O)OCC(COC(=O)CCCCCCCCCCCCCCCCC/C=C\C/C=C\CCCCCCC)OC(=O)CCCCCCCCC/C=C\CCCCCCCC. The van der Waals surface area contributed by atoms with Gasteiger partial charge in [0.05, 0.1) is 0 Å². The Kier molecular flexibility index (Phi) is 62.7. The van der Waals surface area contributed by atoms with Crippen molar-refractivity contribution in [3.05, 3.63) is 72.9 Å². The molecule has 0 aromatic heterocycles. The highest BCUT2D eigenvalue weighted by molar-refractivity contribution is 5.71. The molecular formula is C71H126O6. The van der Waals surface area contributed by atoms with Crippen LogP contribution in [-0.4, -0.2) is 37.2 Å². The van der Waals surface area contributed by atoms with Gasteiger partial charge in [0.2, 0.25) is 0 Å². The van der Waals surface area contributed by atoms with E-state index in [0.29, 0.717) is 19.3 Å². The molecule has 0 aliphatic heterocycles. The summed E-state index contributed by atoms with van der Waals surface area (Å²) in [5, 5.41) is 0. The van der Waals surface area contributed by atoms with E-state index in [-0.39, 0.29) is 31.1 Å². The predicted molar refractivity (Wildman–Crippen MR) is 335 cm³/mol. The van der Waals surface area contributed by atoms with Gasteiger partial charge >= 0.3 is 17.9 Å². The van der Waals surface area contributed by atoms with Crippen LogP contribution in [0.2, 0.25) is 0 Å². The summed E-state index contributed by atoms with van der Waals surface area (Å²) in [6.45, 7) is 6.54. The van der Waals surface area contributed by atoms with Crippen molar-refractivity contribution in [2.75, 3.05) is 13.2 Å². The van der Waals surface area contributed by atoms with Gasteiger partial charge in [0.25, 0.3) is 0 Å². The Balaban J connectivity index is 4.28. The van der Waals surface area contributed by atoms with Gasteiger partial charge in [-0.05, 0) is 109 Å². The standard InChI is InChI=1S/C71H126O6/c1-4-7-10-13-16-19-22-25-28-30-31-32-33-34-35-36-37-38-39-41-43-46-49-52-55-58-61-64-70(73)76-67-68(66-75-69(72)63-60-57-54-51-48-45-42-27-24-21-18-15-12-9-6-3)77-71(74)65-62-59-56-53-50-47-44-40-29-26-23-20-17-14-11-8-5-2/h9,12,18,21-22,25-27,29-31,42,68H,4-8,10-11,13-17,19-20,23-24,28,32-41,43-67H2,1-3H3/b12-9-,21-18-,25-22-,29-26-,31-30-,42-27-. The molecule has 0 saturated heterocycles. The zero-order valence-electron chi connectivity index (χ0n) is 51.2. The van der Waals surface area contributed by atoms with Crippen molar-refractivity contribution in [1.29, 1.82) is 0 Å². The van der Waals surface area contributed by atoms with E-state index < -0.39 is 6.10 Å². The molecule has 0 aromatic carbocycles. The van der Waals surface area contributed by atoms with E-state index in [1.54, 1.807) is 0 Å². The minimum Gasteiger partial charge on any atom is -0.462 e. The van der Waals surface area contributed by atoms with Crippen molar-refractivity contribution in [3.63, 3.8) is 0 Å². The van der Waals surface area contributed by atoms with Gasteiger partial charge in [0, 0.05) is 19.3 Å². The molecule has 0 amide bonds. The highest BCUT2D eigenvalue weighted by Crippen LogP contribution is 2.17. The second-order valence-electron chi connectivity index (χ2n) is 22.3. The van der Waals surface area contributed by atoms with Gasteiger partial charge in [-0.2, -0.15) is 0 Å². The average Bonchev–Trinajstić information content (AvgIpc) is 3.43. The van der Waals surface area contributed by atoms with Crippen LogP contribution in [0.4, 0.5) is 0 Å². The molecule has 0 bridgehead atoms. The highest BCUT2D eigenvalue weighted by atomic mass is 16.6. The lowest BCUT2D eigenvalue weighted by atomic mass is 10.0. The van der Waals surface area contributed by atoms with Crippen LogP contribution in [0.25, 0.3) is 0 Å². The lowest BCUT2D eigenvalue weighted by molar-refractivity contribution is -0.167. The molecule has 1 atom stereocenters. The molecular weight excluding hydrogens is 949 g/mol. The third-order valence-corrected chi connectivity index (χ3v) is 14.7. The van der Waals surface area contributed by atoms with Gasteiger partial charge in [-0.1, -0.05) is 286 Å². The molecule has 0 N–H and O–H groups in total. The van der Waals surface area contributed by atoms with Crippen LogP contribution in [0.3, 0.4) is 0 Å². The first-order chi connectivity index (χ1) is 38.0. The van der Waals surface area contributed by atoms with E-state index in [0.717, 1.165) is 103 Å². The number of unbranched alkanes of at least 4 members (excludes halogenated alkanes) is 38. The van der Waals surface area contributed by atoms with Gasteiger partial charge in [-0.15, -0.1) is 0 Å². The quantitative estimate of drug-likeness (QED) is 0.0261. The fourth-order valence-electron chi connectivity index (χ4n) is 9.66. The van der Waals surface area contributed by atoms with Crippen molar-refractivity contribution in [3.8, 4) is 0 Å². The summed E-state index contributed by atoms with van der Waals surface area (Å²) in [6.07, 6.45) is 84.9. The van der Waals surface area contributed by atoms with Crippen molar-refractivity contribution >= 4 is 17.9 Å². The molecule has 77 heavy (non-hydrogen) atoms. The van der Waals surface area contributed by atoms with Gasteiger partial charge < -0.3 is 14.2 Å². The first-order valence-corrected chi connectivity index (χ1v) is 33.4. The fraction of sp³-hybridized carbons (Fsp3) is 0.789. The van der Waals surface area contributed by atoms with Crippen molar-refractivity contribution in [2.24, 2.45) is 0 Å². The van der Waals surface area contributed by atoms with E-state index in [1.807, 2.05) is 0 Å². The third kappa shape index (κ3) is 63.6. The Morgan fingerprint density at radius 2 is 0.506 bits per heavy atom. The number of rotatable bonds is 61. The molecule has 0 aliphatic rings. The number of hydrogen-bond donors (Lipinski definition) is 0. The molecule has 0 saturated carbocycles. The van der Waals surface area contributed by atoms with Crippen LogP contribution in [-0.2, 0) is 28.6 Å². The lowest BCUT2D eigenvalue weighted by Crippen LogP contribution is -2.30. The van der Waals surface area contributed by atoms with Crippen molar-refractivity contribution < 1.29 is 28.6 Å². The molecule has 0 aromatic rings. The van der Waals surface area contributed by atoms with Crippen LogP contribution < -0.4 is 0 Å². The zero-order chi connectivity index (χ0) is 55.7. The lowest BCUT2D eigenvalue weighted by Gasteiger charge is -2.18. The molecule has 0 spiro atoms. The third-order valence-electron chi connectivity index (χ3n) is 14.7. The largest absolute Gasteiger partial charge is 0.462 e. The number of esters is 3. The topological polar surface area (TPSA) is 78.9 Å². The second kappa shape index (κ2) is 65.4. The van der Waals surface area contributed by atoms with Gasteiger partial charge in [-0.3, -0.25) is 14.4 Å². The van der Waals surface area contributed by atoms with Gasteiger partial charge in [0.15, 0.2) is 6.10 Å². The summed E-state index contributed by atoms with van der Waals surface area (Å²) in [7, 11) is 0. The number of carbonyl (C=O) groups is 3. The summed E-state index contributed by atoms with van der Waals surface area (Å²) >= 11 is 0. The zero-order valence-corrected chi connectivity index (χ0v) is 51.2. The summed E-state index contributed by atoms with van der Waals surface area (Å²) in [6, 6.07) is 0. The second-order valence-corrected chi connectivity index (χ2v) is 22.3. The molecule has 0 rings (SSSR count). The molecule has 0 radical (unpaired) electrons. The highest BCUT2D eigenvalue weighted by Gasteiger charge is 2.19. The number of allylic oxidation sites excluding steroid dienone is 12. The first-order valence-electron chi connectivity index (χ1n) is 33.4. The number of carbonyl (C=O) groups excluding carboxylic acids is 3. The minimum atomic E-state index is -0.785. The molecule has 0 aliphatic carbocycles. The summed E-state index contributed by atoms with van der Waals surface area (Å²) < 4.78 is 16.9. The Labute approximate surface area is 478 Å². The minimum absolute atomic E-state index is 0.0806. The summed E-state index contributed by atoms with van der Waals surface area (Å²) in [5.41, 5.74) is 0. The molecule has 0 fully saturated rings. The van der Waals surface area contributed by atoms with Crippen LogP contribution >= 0.6 is 0 Å². The Morgan fingerprint density at radius 1 is 0.273 bits per heavy atom. The fourth-order valence-corrected chi connectivity index (χ4v) is 9.66. The molecule has 6 heteroatoms. The van der Waals surface area contributed by atoms with E-state index in [2.05, 4.69) is 93.7 Å². The summed E-state index contributed by atoms with van der Waals surface area (Å²) in [4.78, 5) is 38.3. The Bertz CT molecular complexity index is 1420. The van der Waals surface area contributed by atoms with Crippen LogP contribution in [0.5, 0.6) is 0 Å². The molecule has 6 nitrogen and oxygen atoms in total. The van der Waals surface area contributed by atoms with E-state index >= 15 is 0 Å². The van der Waals surface area contributed by atoms with Crippen LogP contribution in [0.15, 0.2) is 72.9 Å². The maximum absolute atomic E-state index is 12.9. The van der Waals surface area contributed by atoms with Crippen molar-refractivity contribution in [1.82, 2.24) is 0 Å². The Morgan fingerprint density at radius 3 is 0.805 bits per heavy atom. The normalized spacial score (nSPS) is 12.5. The smallest absolute Gasteiger partial charge is 0.306 e. The first kappa shape index (κ1) is 73.8. The Hall–Kier alpha value is -3.15. The predicted octanol–water partition coefficient (Wildman–Crippen LogP) is 22.9. The van der Waals surface area contributed by atoms with E-state index in [1.165, 1.54) is 199 Å². The van der Waals surface area contributed by atoms with E-state index in [4.69, 9.17) is 14.2 Å². The number of hydrogen-bond acceptors (Lipinski definition) is 6. The van der Waals surface area contributed by atoms with Crippen molar-refractivity contribution in [2.45, 2.75) is 348 Å². The monoisotopic (exact) mass is 1070 g/mol. The maximum atomic E-state index is 12.9. The van der Waals surface area contributed by atoms with Gasteiger partial charge in [-0.25, -0.2) is 0 Å². The number of ether oxygens (including phenoxy) is 3. The molecule has 1 unspecified atom stereocenters. The summed E-state index contributed by atoms with van der Waals surface area (Å²) in [5.74, 6) is -0.886. The van der Waals surface area contributed by atoms with E-state index in [9.17, 15) is 14.4 Å². The van der Waals surface area contributed by atoms with Crippen LogP contribution in [0.1, 0.15) is 342 Å². The average molecular weight is 1080 g/mol. The van der Waals surface area contributed by atoms with Crippen LogP contribution in [0, 0.1) is 0 Å².